The van der Waals surface area contributed by atoms with Crippen molar-refractivity contribution in [3.63, 3.8) is 0 Å². The summed E-state index contributed by atoms with van der Waals surface area (Å²) in [6, 6.07) is 2.31. The summed E-state index contributed by atoms with van der Waals surface area (Å²) >= 11 is 3.10. The van der Waals surface area contributed by atoms with Crippen molar-refractivity contribution in [3.8, 4) is 0 Å². The molecule has 0 aromatic heterocycles. The summed E-state index contributed by atoms with van der Waals surface area (Å²) in [4.78, 5) is 11.8. The van der Waals surface area contributed by atoms with Gasteiger partial charge in [-0.25, -0.2) is 0 Å². The van der Waals surface area contributed by atoms with E-state index in [1.807, 2.05) is 13.8 Å². The molecule has 0 bridgehead atoms. The first-order valence-corrected chi connectivity index (χ1v) is 6.83. The molecular formula is C13H16BrF3N2O. The minimum atomic E-state index is -4.46. The van der Waals surface area contributed by atoms with E-state index in [1.54, 1.807) is 0 Å². The smallest absolute Gasteiger partial charge is 0.324 e. The Balaban J connectivity index is 2.89. The number of nitrogens with two attached hydrogens (primary N) is 1. The van der Waals surface area contributed by atoms with E-state index in [0.717, 1.165) is 12.1 Å². The monoisotopic (exact) mass is 352 g/mol. The van der Waals surface area contributed by atoms with Crippen molar-refractivity contribution in [2.24, 2.45) is 11.7 Å². The van der Waals surface area contributed by atoms with Crippen LogP contribution in [0.3, 0.4) is 0 Å². The maximum atomic E-state index is 12.6. The Kier molecular flexibility index (Phi) is 5.59. The second-order valence-electron chi connectivity index (χ2n) is 4.92. The number of benzene rings is 1. The number of amides is 1. The fourth-order valence-corrected chi connectivity index (χ4v) is 1.98. The molecule has 0 unspecified atom stereocenters. The van der Waals surface area contributed by atoms with Gasteiger partial charge in [-0.05, 0) is 46.5 Å². The van der Waals surface area contributed by atoms with Crippen molar-refractivity contribution in [2.75, 3.05) is 5.32 Å². The van der Waals surface area contributed by atoms with E-state index in [4.69, 9.17) is 5.73 Å². The quantitative estimate of drug-likeness (QED) is 0.866. The van der Waals surface area contributed by atoms with Crippen molar-refractivity contribution >= 4 is 27.5 Å². The van der Waals surface area contributed by atoms with E-state index in [-0.39, 0.29) is 11.6 Å². The van der Waals surface area contributed by atoms with Gasteiger partial charge in [0.15, 0.2) is 0 Å². The topological polar surface area (TPSA) is 55.1 Å². The van der Waals surface area contributed by atoms with Gasteiger partial charge < -0.3 is 11.1 Å². The molecule has 0 aliphatic carbocycles. The molecule has 0 heterocycles. The summed E-state index contributed by atoms with van der Waals surface area (Å²) < 4.78 is 38.2. The van der Waals surface area contributed by atoms with Gasteiger partial charge in [-0.1, -0.05) is 13.8 Å². The molecule has 1 aromatic rings. The normalized spacial score (nSPS) is 13.4. The molecule has 0 saturated heterocycles. The maximum Gasteiger partial charge on any atom is 0.416 e. The van der Waals surface area contributed by atoms with Crippen LogP contribution in [0.4, 0.5) is 18.9 Å². The predicted octanol–water partition coefficient (Wildman–Crippen LogP) is 3.78. The van der Waals surface area contributed by atoms with Gasteiger partial charge in [-0.2, -0.15) is 13.2 Å². The molecule has 0 spiro atoms. The molecule has 1 rings (SSSR count). The lowest BCUT2D eigenvalue weighted by Crippen LogP contribution is -2.36. The highest BCUT2D eigenvalue weighted by atomic mass is 79.9. The molecular weight excluding hydrogens is 337 g/mol. The zero-order valence-electron chi connectivity index (χ0n) is 11.1. The lowest BCUT2D eigenvalue weighted by molar-refractivity contribution is -0.137. The molecule has 0 radical (unpaired) electrons. The Morgan fingerprint density at radius 2 is 2.00 bits per heavy atom. The van der Waals surface area contributed by atoms with Gasteiger partial charge in [0, 0.05) is 4.47 Å². The van der Waals surface area contributed by atoms with Gasteiger partial charge in [0.25, 0.3) is 0 Å². The molecule has 112 valence electrons. The van der Waals surface area contributed by atoms with E-state index in [0.29, 0.717) is 10.9 Å². The minimum Gasteiger partial charge on any atom is -0.324 e. The van der Waals surface area contributed by atoms with Crippen LogP contribution in [0, 0.1) is 5.92 Å². The van der Waals surface area contributed by atoms with Crippen LogP contribution in [0.2, 0.25) is 0 Å². The number of hydrogen-bond acceptors (Lipinski definition) is 2. The van der Waals surface area contributed by atoms with E-state index >= 15 is 0 Å². The Hall–Kier alpha value is -1.08. The summed E-state index contributed by atoms with van der Waals surface area (Å²) in [6.45, 7) is 3.82. The van der Waals surface area contributed by atoms with Crippen LogP contribution >= 0.6 is 15.9 Å². The maximum absolute atomic E-state index is 12.6. The SMILES string of the molecule is CC(C)C[C@@H](N)C(=O)Nc1cc(C(F)(F)F)ccc1Br. The Morgan fingerprint density at radius 3 is 2.50 bits per heavy atom. The number of halogens is 4. The number of hydrogen-bond donors (Lipinski definition) is 2. The zero-order chi connectivity index (χ0) is 15.5. The fourth-order valence-electron chi connectivity index (χ4n) is 1.64. The summed E-state index contributed by atoms with van der Waals surface area (Å²) in [7, 11) is 0. The second-order valence-corrected chi connectivity index (χ2v) is 5.77. The van der Waals surface area contributed by atoms with Gasteiger partial charge in [0.2, 0.25) is 5.91 Å². The molecule has 0 saturated carbocycles. The van der Waals surface area contributed by atoms with Crippen molar-refractivity contribution < 1.29 is 18.0 Å². The highest BCUT2D eigenvalue weighted by molar-refractivity contribution is 9.10. The molecule has 0 aliphatic heterocycles. The molecule has 1 aromatic carbocycles. The number of anilines is 1. The third kappa shape index (κ3) is 4.79. The van der Waals surface area contributed by atoms with Crippen LogP contribution in [-0.4, -0.2) is 11.9 Å². The van der Waals surface area contributed by atoms with Crippen molar-refractivity contribution in [2.45, 2.75) is 32.5 Å². The third-order valence-corrected chi connectivity index (χ3v) is 3.31. The molecule has 3 nitrogen and oxygen atoms in total. The predicted molar refractivity (Wildman–Crippen MR) is 75.2 cm³/mol. The molecule has 0 fully saturated rings. The molecule has 0 aliphatic rings. The number of carbonyl (C=O) groups excluding carboxylic acids is 1. The standard InChI is InChI=1S/C13H16BrF3N2O/c1-7(2)5-10(18)12(20)19-11-6-8(13(15,16)17)3-4-9(11)14/h3-4,6-7,10H,5,18H2,1-2H3,(H,19,20)/t10-/m1/s1. The molecule has 1 amide bonds. The lowest BCUT2D eigenvalue weighted by Gasteiger charge is -2.16. The average molecular weight is 353 g/mol. The first kappa shape index (κ1) is 17.0. The average Bonchev–Trinajstić information content (AvgIpc) is 2.29. The fraction of sp³-hybridized carbons (Fsp3) is 0.462. The third-order valence-electron chi connectivity index (χ3n) is 2.61. The first-order valence-electron chi connectivity index (χ1n) is 6.04. The molecule has 1 atom stereocenters. The van der Waals surface area contributed by atoms with Crippen LogP contribution in [0.25, 0.3) is 0 Å². The van der Waals surface area contributed by atoms with Crippen LogP contribution < -0.4 is 11.1 Å². The van der Waals surface area contributed by atoms with E-state index in [9.17, 15) is 18.0 Å². The molecule has 20 heavy (non-hydrogen) atoms. The summed E-state index contributed by atoms with van der Waals surface area (Å²) in [5.41, 5.74) is 4.92. The van der Waals surface area contributed by atoms with Crippen LogP contribution in [0.15, 0.2) is 22.7 Å². The van der Waals surface area contributed by atoms with Crippen molar-refractivity contribution in [1.82, 2.24) is 0 Å². The number of nitrogens with one attached hydrogen (secondary N) is 1. The van der Waals surface area contributed by atoms with Gasteiger partial charge >= 0.3 is 6.18 Å². The number of alkyl halides is 3. The zero-order valence-corrected chi connectivity index (χ0v) is 12.7. The number of carbonyl (C=O) groups is 1. The Labute approximate surface area is 123 Å². The van der Waals surface area contributed by atoms with Crippen LogP contribution in [0.5, 0.6) is 0 Å². The molecule has 3 N–H and O–H groups in total. The summed E-state index contributed by atoms with van der Waals surface area (Å²) in [6.07, 6.45) is -4.00. The second kappa shape index (κ2) is 6.58. The summed E-state index contributed by atoms with van der Waals surface area (Å²) in [5, 5.41) is 2.42. The van der Waals surface area contributed by atoms with Gasteiger partial charge in [0.1, 0.15) is 0 Å². The number of rotatable bonds is 4. The Morgan fingerprint density at radius 1 is 1.40 bits per heavy atom. The molecule has 7 heteroatoms. The van der Waals surface area contributed by atoms with Gasteiger partial charge in [-0.3, -0.25) is 4.79 Å². The van der Waals surface area contributed by atoms with Gasteiger partial charge in [-0.15, -0.1) is 0 Å². The van der Waals surface area contributed by atoms with Crippen LogP contribution in [-0.2, 0) is 11.0 Å². The van der Waals surface area contributed by atoms with E-state index < -0.39 is 23.7 Å². The highest BCUT2D eigenvalue weighted by Crippen LogP contribution is 2.34. The Bertz CT molecular complexity index is 489. The van der Waals surface area contributed by atoms with Crippen LogP contribution in [0.1, 0.15) is 25.8 Å². The van der Waals surface area contributed by atoms with E-state index in [1.165, 1.54) is 6.07 Å². The van der Waals surface area contributed by atoms with E-state index in [2.05, 4.69) is 21.2 Å². The van der Waals surface area contributed by atoms with Crippen molar-refractivity contribution in [1.29, 1.82) is 0 Å². The minimum absolute atomic E-state index is 0.0593. The highest BCUT2D eigenvalue weighted by Gasteiger charge is 2.31. The largest absolute Gasteiger partial charge is 0.416 e. The first-order chi connectivity index (χ1) is 9.11. The van der Waals surface area contributed by atoms with Gasteiger partial charge in [0.05, 0.1) is 17.3 Å². The van der Waals surface area contributed by atoms with Crippen molar-refractivity contribution in [3.05, 3.63) is 28.2 Å². The lowest BCUT2D eigenvalue weighted by atomic mass is 10.0. The summed E-state index contributed by atoms with van der Waals surface area (Å²) in [5.74, 6) is -0.278.